The minimum atomic E-state index is -0.685. The zero-order valence-electron chi connectivity index (χ0n) is 10.8. The van der Waals surface area contributed by atoms with Gasteiger partial charge in [0.25, 0.3) is 5.91 Å². The van der Waals surface area contributed by atoms with Crippen molar-refractivity contribution in [2.24, 2.45) is 0 Å². The zero-order valence-corrected chi connectivity index (χ0v) is 12.4. The molecule has 0 heterocycles. The van der Waals surface area contributed by atoms with Gasteiger partial charge in [-0.1, -0.05) is 47.7 Å². The molecule has 0 spiro atoms. The number of amides is 1. The van der Waals surface area contributed by atoms with Gasteiger partial charge >= 0.3 is 0 Å². The number of carbonyl (C=O) groups excluding carboxylic acids is 1. The summed E-state index contributed by atoms with van der Waals surface area (Å²) in [6.07, 6.45) is 5.82. The minimum absolute atomic E-state index is 0.162. The molecule has 3 nitrogen and oxygen atoms in total. The number of hydrogen-bond donors (Lipinski definition) is 1. The summed E-state index contributed by atoms with van der Waals surface area (Å²) < 4.78 is 0.868. The number of rotatable bonds is 2. The van der Waals surface area contributed by atoms with Crippen LogP contribution in [0.3, 0.4) is 0 Å². The van der Waals surface area contributed by atoms with Crippen LogP contribution in [0.25, 0.3) is 0 Å². The van der Waals surface area contributed by atoms with Crippen molar-refractivity contribution >= 4 is 21.8 Å². The molecule has 0 unspecified atom stereocenters. The molecule has 0 saturated heterocycles. The van der Waals surface area contributed by atoms with Gasteiger partial charge in [-0.2, -0.15) is 5.26 Å². The summed E-state index contributed by atoms with van der Waals surface area (Å²) in [7, 11) is 0. The second-order valence-corrected chi connectivity index (χ2v) is 5.99. The number of nitrogens with zero attached hydrogens (tertiary/aromatic N) is 1. The molecule has 1 N–H and O–H groups in total. The predicted octanol–water partition coefficient (Wildman–Crippen LogP) is 3.80. The molecule has 0 bridgehead atoms. The first-order chi connectivity index (χ1) is 9.15. The van der Waals surface area contributed by atoms with Gasteiger partial charge < -0.3 is 5.32 Å². The molecule has 0 atom stereocenters. The van der Waals surface area contributed by atoms with Crippen LogP contribution in [-0.4, -0.2) is 11.4 Å². The number of hydrogen-bond acceptors (Lipinski definition) is 2. The van der Waals surface area contributed by atoms with Crippen molar-refractivity contribution in [1.29, 1.82) is 5.26 Å². The van der Waals surface area contributed by atoms with Crippen LogP contribution >= 0.6 is 15.9 Å². The summed E-state index contributed by atoms with van der Waals surface area (Å²) in [5.41, 5.74) is -0.0937. The third-order valence-corrected chi connectivity index (χ3v) is 4.10. The Hall–Kier alpha value is -1.34. The monoisotopic (exact) mass is 320 g/mol. The van der Waals surface area contributed by atoms with Crippen LogP contribution < -0.4 is 5.32 Å². The maximum absolute atomic E-state index is 12.3. The average molecular weight is 321 g/mol. The lowest BCUT2D eigenvalue weighted by molar-refractivity contribution is 0.0913. The fourth-order valence-corrected chi connectivity index (χ4v) is 2.92. The first-order valence-corrected chi connectivity index (χ1v) is 7.44. The standard InChI is InChI=1S/C15H17BrN2O/c16-13-7-5-6-12(10-13)14(19)18-15(11-17)8-3-1-2-4-9-15/h5-7,10H,1-4,8-9H2,(H,18,19). The van der Waals surface area contributed by atoms with Gasteiger partial charge in [-0.25, -0.2) is 0 Å². The van der Waals surface area contributed by atoms with E-state index >= 15 is 0 Å². The SMILES string of the molecule is N#CC1(NC(=O)c2cccc(Br)c2)CCCCCC1. The van der Waals surface area contributed by atoms with E-state index in [1.54, 1.807) is 12.1 Å². The molecule has 0 aromatic heterocycles. The van der Waals surface area contributed by atoms with Crippen molar-refractivity contribution in [3.8, 4) is 6.07 Å². The van der Waals surface area contributed by atoms with Gasteiger partial charge in [-0.05, 0) is 31.0 Å². The molecule has 1 aliphatic carbocycles. The van der Waals surface area contributed by atoms with Crippen molar-refractivity contribution in [2.45, 2.75) is 44.1 Å². The van der Waals surface area contributed by atoms with E-state index in [0.29, 0.717) is 5.56 Å². The van der Waals surface area contributed by atoms with Gasteiger partial charge in [-0.15, -0.1) is 0 Å². The van der Waals surface area contributed by atoms with Crippen LogP contribution in [0.1, 0.15) is 48.9 Å². The van der Waals surface area contributed by atoms with Crippen LogP contribution in [0, 0.1) is 11.3 Å². The first-order valence-electron chi connectivity index (χ1n) is 6.65. The molecular formula is C15H17BrN2O. The molecule has 4 heteroatoms. The number of carbonyl (C=O) groups is 1. The molecule has 19 heavy (non-hydrogen) atoms. The van der Waals surface area contributed by atoms with E-state index in [1.165, 1.54) is 0 Å². The van der Waals surface area contributed by atoms with Crippen LogP contribution in [0.5, 0.6) is 0 Å². The quantitative estimate of drug-likeness (QED) is 0.843. The van der Waals surface area contributed by atoms with Crippen molar-refractivity contribution in [3.05, 3.63) is 34.3 Å². The first kappa shape index (κ1) is 14.1. The zero-order chi connectivity index (χ0) is 13.7. The second kappa shape index (κ2) is 6.21. The Morgan fingerprint density at radius 1 is 1.26 bits per heavy atom. The highest BCUT2D eigenvalue weighted by molar-refractivity contribution is 9.10. The molecule has 1 aromatic carbocycles. The Balaban J connectivity index is 2.14. The Morgan fingerprint density at radius 2 is 1.95 bits per heavy atom. The lowest BCUT2D eigenvalue weighted by Gasteiger charge is -2.26. The van der Waals surface area contributed by atoms with Crippen LogP contribution in [0.15, 0.2) is 28.7 Å². The molecule has 1 aliphatic rings. The molecule has 1 fully saturated rings. The van der Waals surface area contributed by atoms with E-state index in [-0.39, 0.29) is 5.91 Å². The lowest BCUT2D eigenvalue weighted by atomic mass is 9.91. The van der Waals surface area contributed by atoms with Crippen LogP contribution in [0.4, 0.5) is 0 Å². The van der Waals surface area contributed by atoms with E-state index < -0.39 is 5.54 Å². The minimum Gasteiger partial charge on any atom is -0.334 e. The number of nitriles is 1. The Labute approximate surface area is 122 Å². The Bertz CT molecular complexity index is 499. The van der Waals surface area contributed by atoms with Crippen LogP contribution in [-0.2, 0) is 0 Å². The van der Waals surface area contributed by atoms with Gasteiger partial charge in [0, 0.05) is 10.0 Å². The lowest BCUT2D eigenvalue weighted by Crippen LogP contribution is -2.47. The summed E-state index contributed by atoms with van der Waals surface area (Å²) in [6.45, 7) is 0. The number of halogens is 1. The van der Waals surface area contributed by atoms with E-state index in [2.05, 4.69) is 27.3 Å². The summed E-state index contributed by atoms with van der Waals surface area (Å²) >= 11 is 3.35. The fourth-order valence-electron chi connectivity index (χ4n) is 2.52. The van der Waals surface area contributed by atoms with Gasteiger partial charge in [-0.3, -0.25) is 4.79 Å². The summed E-state index contributed by atoms with van der Waals surface area (Å²) in [5, 5.41) is 12.4. The van der Waals surface area contributed by atoms with Crippen molar-refractivity contribution < 1.29 is 4.79 Å². The highest BCUT2D eigenvalue weighted by atomic mass is 79.9. The Kier molecular flexibility index (Phi) is 4.60. The van der Waals surface area contributed by atoms with E-state index in [4.69, 9.17) is 0 Å². The third-order valence-electron chi connectivity index (χ3n) is 3.61. The maximum atomic E-state index is 12.3. The van der Waals surface area contributed by atoms with E-state index in [0.717, 1.165) is 43.0 Å². The molecule has 1 aromatic rings. The normalized spacial score (nSPS) is 18.1. The highest BCUT2D eigenvalue weighted by Gasteiger charge is 2.32. The predicted molar refractivity (Wildman–Crippen MR) is 77.7 cm³/mol. The van der Waals surface area contributed by atoms with Gasteiger partial charge in [0.05, 0.1) is 6.07 Å². The van der Waals surface area contributed by atoms with Crippen LogP contribution in [0.2, 0.25) is 0 Å². The molecule has 1 saturated carbocycles. The molecule has 0 radical (unpaired) electrons. The van der Waals surface area contributed by atoms with Crippen molar-refractivity contribution in [3.63, 3.8) is 0 Å². The van der Waals surface area contributed by atoms with E-state index in [9.17, 15) is 10.1 Å². The largest absolute Gasteiger partial charge is 0.334 e. The molecule has 0 aliphatic heterocycles. The Morgan fingerprint density at radius 3 is 2.53 bits per heavy atom. The average Bonchev–Trinajstić information content (AvgIpc) is 2.65. The molecule has 2 rings (SSSR count). The van der Waals surface area contributed by atoms with Crippen molar-refractivity contribution in [1.82, 2.24) is 5.32 Å². The number of nitrogens with one attached hydrogen (secondary N) is 1. The molecular weight excluding hydrogens is 304 g/mol. The summed E-state index contributed by atoms with van der Waals surface area (Å²) in [5.74, 6) is -0.162. The van der Waals surface area contributed by atoms with Crippen molar-refractivity contribution in [2.75, 3.05) is 0 Å². The van der Waals surface area contributed by atoms with E-state index in [1.807, 2.05) is 12.1 Å². The topological polar surface area (TPSA) is 52.9 Å². The third kappa shape index (κ3) is 3.57. The van der Waals surface area contributed by atoms with Gasteiger partial charge in [0.15, 0.2) is 0 Å². The maximum Gasteiger partial charge on any atom is 0.252 e. The molecule has 1 amide bonds. The second-order valence-electron chi connectivity index (χ2n) is 5.07. The molecule has 100 valence electrons. The van der Waals surface area contributed by atoms with Gasteiger partial charge in [0.2, 0.25) is 0 Å². The van der Waals surface area contributed by atoms with Gasteiger partial charge in [0.1, 0.15) is 5.54 Å². The summed E-state index contributed by atoms with van der Waals surface area (Å²) in [6, 6.07) is 9.57. The fraction of sp³-hybridized carbons (Fsp3) is 0.467. The summed E-state index contributed by atoms with van der Waals surface area (Å²) in [4.78, 5) is 12.3. The smallest absolute Gasteiger partial charge is 0.252 e. The highest BCUT2D eigenvalue weighted by Crippen LogP contribution is 2.27. The number of benzene rings is 1.